The molecule has 0 unspecified atom stereocenters. The molecule has 0 atom stereocenters. The molecule has 0 amide bonds. The minimum Gasteiger partial charge on any atom is -0.310 e. The van der Waals surface area contributed by atoms with Crippen LogP contribution < -0.4 is 4.90 Å². The molecule has 0 spiro atoms. The van der Waals surface area contributed by atoms with Crippen molar-refractivity contribution < 1.29 is 24.7 Å². The largest absolute Gasteiger partial charge is 0.310 e. The second kappa shape index (κ2) is 8.12. The monoisotopic (exact) mass is 477 g/mol. The van der Waals surface area contributed by atoms with E-state index in [2.05, 4.69) is 0 Å². The smallest absolute Gasteiger partial charge is 0.0491 e. The standard InChI is InChI=1S/C34H37N/c1-24-22-25(26-18-20-29-30(23-26)33(4,5)34(6,7)32(29,2)3)19-21-31(24)35(27-14-10-8-11-15-27)28-16-12-9-13-17-28/h8-23H,1-7H3/i2D3,3D3,4D3,5D3,6D3,7D3. The highest BCUT2D eigenvalue weighted by atomic mass is 15.1. The molecule has 0 bridgehead atoms. The predicted molar refractivity (Wildman–Crippen MR) is 151 cm³/mol. The number of nitrogens with zero attached hydrogens (tertiary/aromatic N) is 1. The number of aryl methyl sites for hydroxylation is 1. The zero-order valence-electron chi connectivity index (χ0n) is 37.2. The van der Waals surface area contributed by atoms with Crippen LogP contribution in [0.3, 0.4) is 0 Å². The fourth-order valence-corrected chi connectivity index (χ4v) is 4.71. The average Bonchev–Trinajstić information content (AvgIpc) is 3.31. The van der Waals surface area contributed by atoms with Gasteiger partial charge in [-0.25, -0.2) is 0 Å². The predicted octanol–water partition coefficient (Wildman–Crippen LogP) is 9.73. The first-order chi connectivity index (χ1) is 24.1. The Kier molecular flexibility index (Phi) is 2.40. The van der Waals surface area contributed by atoms with Gasteiger partial charge < -0.3 is 4.90 Å². The summed E-state index contributed by atoms with van der Waals surface area (Å²) < 4.78 is 156. The highest BCUT2D eigenvalue weighted by Gasteiger charge is 2.56. The van der Waals surface area contributed by atoms with Crippen LogP contribution in [0.2, 0.25) is 0 Å². The van der Waals surface area contributed by atoms with Crippen LogP contribution in [0.4, 0.5) is 17.1 Å². The van der Waals surface area contributed by atoms with Gasteiger partial charge in [0.25, 0.3) is 0 Å². The van der Waals surface area contributed by atoms with E-state index in [4.69, 9.17) is 24.7 Å². The van der Waals surface area contributed by atoms with Crippen molar-refractivity contribution >= 4 is 17.1 Å². The average molecular weight is 478 g/mol. The number of rotatable bonds is 4. The summed E-state index contributed by atoms with van der Waals surface area (Å²) in [7, 11) is 0. The van der Waals surface area contributed by atoms with Crippen LogP contribution in [0.5, 0.6) is 0 Å². The van der Waals surface area contributed by atoms with Crippen molar-refractivity contribution in [2.75, 3.05) is 4.90 Å². The first kappa shape index (κ1) is 10.3. The first-order valence-electron chi connectivity index (χ1n) is 20.2. The Balaban J connectivity index is 1.93. The molecule has 1 aliphatic rings. The molecule has 0 aliphatic heterocycles. The number of para-hydroxylation sites is 2. The van der Waals surface area contributed by atoms with E-state index >= 15 is 0 Å². The van der Waals surface area contributed by atoms with Gasteiger partial charge in [-0.2, -0.15) is 0 Å². The molecule has 4 aromatic carbocycles. The summed E-state index contributed by atoms with van der Waals surface area (Å²) in [6.07, 6.45) is 0. The van der Waals surface area contributed by atoms with E-state index in [1.54, 1.807) is 25.1 Å². The summed E-state index contributed by atoms with van der Waals surface area (Å²) in [5.41, 5.74) is -11.1. The van der Waals surface area contributed by atoms with Gasteiger partial charge in [0, 0.05) is 41.7 Å². The van der Waals surface area contributed by atoms with Crippen LogP contribution in [0.25, 0.3) is 11.1 Å². The highest BCUT2D eigenvalue weighted by Crippen LogP contribution is 2.61. The van der Waals surface area contributed by atoms with Gasteiger partial charge in [0.15, 0.2) is 0 Å². The van der Waals surface area contributed by atoms with Crippen molar-refractivity contribution in [1.82, 2.24) is 0 Å². The van der Waals surface area contributed by atoms with Crippen LogP contribution in [0.1, 0.15) is 82.5 Å². The van der Waals surface area contributed by atoms with E-state index in [0.29, 0.717) is 11.1 Å². The number of hydrogen-bond donors (Lipinski definition) is 0. The Bertz CT molecular complexity index is 1880. The summed E-state index contributed by atoms with van der Waals surface area (Å²) in [5, 5.41) is 0. The van der Waals surface area contributed by atoms with Crippen LogP contribution in [-0.2, 0) is 10.8 Å². The van der Waals surface area contributed by atoms with E-state index in [-0.39, 0.29) is 5.56 Å². The fourth-order valence-electron chi connectivity index (χ4n) is 4.71. The van der Waals surface area contributed by atoms with Crippen molar-refractivity contribution in [1.29, 1.82) is 0 Å². The zero-order valence-corrected chi connectivity index (χ0v) is 19.2. The third-order valence-electron chi connectivity index (χ3n) is 6.75. The molecule has 4 aromatic rings. The Morgan fingerprint density at radius 3 is 1.66 bits per heavy atom. The molecule has 1 aliphatic carbocycles. The van der Waals surface area contributed by atoms with Gasteiger partial charge in [0.05, 0.1) is 0 Å². The summed E-state index contributed by atoms with van der Waals surface area (Å²) in [6, 6.07) is 27.0. The third kappa shape index (κ3) is 3.52. The Morgan fingerprint density at radius 1 is 0.571 bits per heavy atom. The molecular formula is C34H37N. The number of hydrogen-bond acceptors (Lipinski definition) is 1. The van der Waals surface area contributed by atoms with E-state index < -0.39 is 68.5 Å². The lowest BCUT2D eigenvalue weighted by atomic mass is 9.59. The Morgan fingerprint density at radius 2 is 1.11 bits per heavy atom. The summed E-state index contributed by atoms with van der Waals surface area (Å²) in [5.74, 6) is 0. The quantitative estimate of drug-likeness (QED) is 0.283. The molecule has 1 heteroatoms. The van der Waals surface area contributed by atoms with Crippen molar-refractivity contribution in [3.8, 4) is 11.1 Å². The van der Waals surface area contributed by atoms with E-state index in [0.717, 1.165) is 29.2 Å². The van der Waals surface area contributed by atoms with Crippen LogP contribution in [0, 0.1) is 12.3 Å². The van der Waals surface area contributed by atoms with Gasteiger partial charge in [0.1, 0.15) is 0 Å². The number of benzene rings is 4. The van der Waals surface area contributed by atoms with Gasteiger partial charge in [-0.1, -0.05) is 102 Å². The molecule has 0 radical (unpaired) electrons. The third-order valence-corrected chi connectivity index (χ3v) is 6.75. The maximum atomic E-state index is 8.71. The second-order valence-electron chi connectivity index (χ2n) is 9.02. The van der Waals surface area contributed by atoms with Gasteiger partial charge >= 0.3 is 0 Å². The van der Waals surface area contributed by atoms with E-state index in [1.165, 1.54) is 6.07 Å². The van der Waals surface area contributed by atoms with Crippen LogP contribution in [-0.4, -0.2) is 0 Å². The van der Waals surface area contributed by atoms with Gasteiger partial charge in [-0.05, 0) is 87.4 Å². The Hall–Kier alpha value is -3.32. The molecule has 0 saturated carbocycles. The topological polar surface area (TPSA) is 3.24 Å². The van der Waals surface area contributed by atoms with Crippen molar-refractivity contribution in [2.45, 2.75) is 58.9 Å². The molecule has 1 nitrogen and oxygen atoms in total. The van der Waals surface area contributed by atoms with Gasteiger partial charge in [0.2, 0.25) is 0 Å². The lowest BCUT2D eigenvalue weighted by Crippen LogP contribution is -2.42. The molecular weight excluding hydrogens is 422 g/mol. The van der Waals surface area contributed by atoms with Crippen molar-refractivity contribution in [3.63, 3.8) is 0 Å². The van der Waals surface area contributed by atoms with Gasteiger partial charge in [-0.15, -0.1) is 0 Å². The normalized spacial score (nSPS) is 26.9. The van der Waals surface area contributed by atoms with E-state index in [1.807, 2.05) is 65.6 Å². The Labute approximate surface area is 236 Å². The first-order valence-corrected chi connectivity index (χ1v) is 11.2. The van der Waals surface area contributed by atoms with Gasteiger partial charge in [-0.3, -0.25) is 0 Å². The van der Waals surface area contributed by atoms with E-state index in [9.17, 15) is 0 Å². The van der Waals surface area contributed by atoms with Crippen molar-refractivity contribution in [3.05, 3.63) is 114 Å². The molecule has 0 aromatic heterocycles. The lowest BCUT2D eigenvalue weighted by Gasteiger charge is -2.44. The number of fused-ring (bicyclic) bond motifs is 1. The summed E-state index contributed by atoms with van der Waals surface area (Å²) >= 11 is 0. The maximum Gasteiger partial charge on any atom is 0.0491 e. The molecule has 5 rings (SSSR count). The molecule has 0 saturated heterocycles. The molecule has 35 heavy (non-hydrogen) atoms. The molecule has 178 valence electrons. The van der Waals surface area contributed by atoms with Crippen LogP contribution >= 0.6 is 0 Å². The zero-order chi connectivity index (χ0) is 40.0. The highest BCUT2D eigenvalue weighted by molar-refractivity contribution is 5.80. The molecule has 0 fully saturated rings. The summed E-state index contributed by atoms with van der Waals surface area (Å²) in [4.78, 5) is 1.98. The maximum absolute atomic E-state index is 8.71. The lowest BCUT2D eigenvalue weighted by molar-refractivity contribution is 0.125. The van der Waals surface area contributed by atoms with Crippen molar-refractivity contribution in [2.24, 2.45) is 5.41 Å². The molecule has 0 heterocycles. The SMILES string of the molecule is [2H]C([2H])([2H])C1(C([2H])([2H])[2H])c2ccc(-c3ccc(N(c4ccccc4)c4ccccc4)c(C)c3)cc2C(C([2H])([2H])[2H])(C([2H])([2H])[2H])C1(C([2H])([2H])[2H])C([2H])([2H])[2H]. The second-order valence-corrected chi connectivity index (χ2v) is 9.02. The molecule has 0 N–H and O–H groups in total. The summed E-state index contributed by atoms with van der Waals surface area (Å²) in [6.45, 7) is -23.3. The fraction of sp³-hybridized carbons (Fsp3) is 0.294. The van der Waals surface area contributed by atoms with Crippen LogP contribution in [0.15, 0.2) is 97.1 Å². The minimum absolute atomic E-state index is 0.0686. The minimum atomic E-state index is -4.43. The number of anilines is 3.